The van der Waals surface area contributed by atoms with Crippen molar-refractivity contribution in [3.63, 3.8) is 0 Å². The van der Waals surface area contributed by atoms with Gasteiger partial charge in [-0.1, -0.05) is 42.8 Å². The van der Waals surface area contributed by atoms with Gasteiger partial charge in [0.15, 0.2) is 0 Å². The smallest absolute Gasteiger partial charge is 0.303 e. The first-order chi connectivity index (χ1) is 21.2. The van der Waals surface area contributed by atoms with E-state index < -0.39 is 17.8 Å². The van der Waals surface area contributed by atoms with Crippen LogP contribution in [0.25, 0.3) is 11.6 Å². The van der Waals surface area contributed by atoms with Crippen LogP contribution >= 0.6 is 0 Å². The Kier molecular flexibility index (Phi) is 10.0. The first-order valence-corrected chi connectivity index (χ1v) is 15.6. The van der Waals surface area contributed by atoms with E-state index in [2.05, 4.69) is 18.2 Å². The van der Waals surface area contributed by atoms with Crippen LogP contribution < -0.4 is 0 Å². The van der Waals surface area contributed by atoms with E-state index in [1.54, 1.807) is 7.11 Å². The van der Waals surface area contributed by atoms with Crippen molar-refractivity contribution >= 4 is 29.4 Å². The molecule has 2 aromatic rings. The van der Waals surface area contributed by atoms with Crippen molar-refractivity contribution in [2.45, 2.75) is 64.9 Å². The van der Waals surface area contributed by atoms with Gasteiger partial charge in [0.2, 0.25) is 11.8 Å². The molecular weight excluding hydrogens is 558 g/mol. The zero-order valence-electron chi connectivity index (χ0n) is 25.9. The molecule has 8 nitrogen and oxygen atoms in total. The number of aryl methyl sites for hydroxylation is 2. The van der Waals surface area contributed by atoms with Gasteiger partial charge >= 0.3 is 5.97 Å². The SMILES string of the molecule is COCC1=C2[C@@H](CC/C(=C/c3cc(C)c(O)c(C)c3)c3ccccc3)OC[C@@H]2[C@@H]2C(=O)N(CCCCCC(=O)O)C(=O)[C@@H]2C1. The lowest BCUT2D eigenvalue weighted by molar-refractivity contribution is -0.141. The number of aliphatic carboxylic acids is 1. The van der Waals surface area contributed by atoms with Crippen LogP contribution in [0.2, 0.25) is 0 Å². The van der Waals surface area contributed by atoms with Crippen LogP contribution in [-0.4, -0.2) is 65.9 Å². The summed E-state index contributed by atoms with van der Waals surface area (Å²) >= 11 is 0. The molecule has 0 saturated carbocycles. The van der Waals surface area contributed by atoms with Gasteiger partial charge in [-0.15, -0.1) is 0 Å². The van der Waals surface area contributed by atoms with E-state index in [0.29, 0.717) is 51.2 Å². The van der Waals surface area contributed by atoms with Crippen molar-refractivity contribution < 1.29 is 34.1 Å². The van der Waals surface area contributed by atoms with Crippen molar-refractivity contribution in [3.05, 3.63) is 75.9 Å². The standard InChI is InChI=1S/C36H43NO7/c1-22-16-24(17-23(2)34(22)40)18-26(25-10-6-4-7-11-25)13-14-30-32-27(20-43-3)19-28-33(29(32)21-44-30)36(42)37(35(28)41)15-9-5-8-12-31(38)39/h4,6-7,10-11,16-18,28-30,33,40H,5,8-9,12-15,19-21H2,1-3H3,(H,38,39)/b26-18-/t28-,29+,30-,33-/m1/s1. The van der Waals surface area contributed by atoms with Crippen molar-refractivity contribution in [3.8, 4) is 5.75 Å². The summed E-state index contributed by atoms with van der Waals surface area (Å²) in [6.07, 6.45) is 5.86. The van der Waals surface area contributed by atoms with Crippen LogP contribution in [0.1, 0.15) is 67.2 Å². The second-order valence-electron chi connectivity index (χ2n) is 12.4. The molecule has 2 N–H and O–H groups in total. The number of carboxylic acid groups (broad SMARTS) is 1. The number of nitrogens with zero attached hydrogens (tertiary/aromatic N) is 1. The largest absolute Gasteiger partial charge is 0.507 e. The van der Waals surface area contributed by atoms with Crippen molar-refractivity contribution in [1.29, 1.82) is 0 Å². The van der Waals surface area contributed by atoms with E-state index in [4.69, 9.17) is 14.6 Å². The maximum absolute atomic E-state index is 13.6. The van der Waals surface area contributed by atoms with Crippen LogP contribution in [0.5, 0.6) is 5.75 Å². The number of phenolic OH excluding ortho intramolecular Hbond substituents is 1. The van der Waals surface area contributed by atoms with Crippen LogP contribution in [0, 0.1) is 31.6 Å². The summed E-state index contributed by atoms with van der Waals surface area (Å²) < 4.78 is 12.0. The van der Waals surface area contributed by atoms with Crippen LogP contribution in [0.15, 0.2) is 53.6 Å². The number of carbonyl (C=O) groups is 3. The number of aromatic hydroxyl groups is 1. The van der Waals surface area contributed by atoms with Gasteiger partial charge in [0.1, 0.15) is 5.75 Å². The highest BCUT2D eigenvalue weighted by Crippen LogP contribution is 2.50. The number of likely N-dealkylation sites (tertiary alicyclic amines) is 1. The van der Waals surface area contributed by atoms with Crippen LogP contribution in [0.3, 0.4) is 0 Å². The fraction of sp³-hybridized carbons (Fsp3) is 0.472. The third kappa shape index (κ3) is 6.66. The lowest BCUT2D eigenvalue weighted by atomic mass is 9.69. The highest BCUT2D eigenvalue weighted by molar-refractivity contribution is 6.06. The number of benzene rings is 2. The molecule has 2 amide bonds. The Hall–Kier alpha value is -3.75. The second kappa shape index (κ2) is 13.9. The lowest BCUT2D eigenvalue weighted by Crippen LogP contribution is -2.35. The molecule has 8 heteroatoms. The molecule has 0 unspecified atom stereocenters. The third-order valence-corrected chi connectivity index (χ3v) is 9.36. The minimum absolute atomic E-state index is 0.0942. The number of unbranched alkanes of at least 4 members (excludes halogenated alkanes) is 2. The van der Waals surface area contributed by atoms with Crippen LogP contribution in [0.4, 0.5) is 0 Å². The minimum atomic E-state index is -0.832. The topological polar surface area (TPSA) is 113 Å². The van der Waals surface area contributed by atoms with E-state index >= 15 is 0 Å². The Morgan fingerprint density at radius 3 is 2.43 bits per heavy atom. The van der Waals surface area contributed by atoms with Gasteiger partial charge in [0.25, 0.3) is 0 Å². The number of hydrogen-bond acceptors (Lipinski definition) is 6. The van der Waals surface area contributed by atoms with Crippen molar-refractivity contribution in [2.75, 3.05) is 26.9 Å². The zero-order chi connectivity index (χ0) is 31.4. The monoisotopic (exact) mass is 601 g/mol. The van der Waals surface area contributed by atoms with E-state index in [1.165, 1.54) is 4.90 Å². The van der Waals surface area contributed by atoms with Gasteiger partial charge in [-0.25, -0.2) is 0 Å². The van der Waals surface area contributed by atoms with E-state index in [-0.39, 0.29) is 30.3 Å². The molecule has 2 heterocycles. The number of hydrogen-bond donors (Lipinski definition) is 2. The minimum Gasteiger partial charge on any atom is -0.507 e. The quantitative estimate of drug-likeness (QED) is 0.126. The molecule has 234 valence electrons. The molecule has 0 aromatic heterocycles. The normalized spacial score (nSPS) is 23.3. The summed E-state index contributed by atoms with van der Waals surface area (Å²) in [6.45, 7) is 4.95. The van der Waals surface area contributed by atoms with Crippen LogP contribution in [-0.2, 0) is 23.9 Å². The average Bonchev–Trinajstić information content (AvgIpc) is 3.53. The van der Waals surface area contributed by atoms with Crippen molar-refractivity contribution in [1.82, 2.24) is 4.90 Å². The fourth-order valence-corrected chi connectivity index (χ4v) is 7.30. The predicted molar refractivity (Wildman–Crippen MR) is 168 cm³/mol. The zero-order valence-corrected chi connectivity index (χ0v) is 25.9. The molecular formula is C36H43NO7. The molecule has 44 heavy (non-hydrogen) atoms. The van der Waals surface area contributed by atoms with Crippen molar-refractivity contribution in [2.24, 2.45) is 17.8 Å². The number of imide groups is 1. The molecule has 2 saturated heterocycles. The first-order valence-electron chi connectivity index (χ1n) is 15.6. The Labute approximate surface area is 259 Å². The summed E-state index contributed by atoms with van der Waals surface area (Å²) in [4.78, 5) is 39.3. The predicted octanol–water partition coefficient (Wildman–Crippen LogP) is 5.94. The van der Waals surface area contributed by atoms with E-state index in [1.807, 2.05) is 44.2 Å². The Morgan fingerprint density at radius 1 is 1.02 bits per heavy atom. The lowest BCUT2D eigenvalue weighted by Gasteiger charge is -2.31. The molecule has 0 bridgehead atoms. The number of ether oxygens (including phenoxy) is 2. The highest BCUT2D eigenvalue weighted by atomic mass is 16.5. The first kappa shape index (κ1) is 31.7. The number of methoxy groups -OCH3 is 1. The number of carboxylic acids is 1. The molecule has 1 aliphatic carbocycles. The summed E-state index contributed by atoms with van der Waals surface area (Å²) in [5, 5.41) is 19.2. The molecule has 2 aliphatic heterocycles. The van der Waals surface area contributed by atoms with Gasteiger partial charge in [-0.2, -0.15) is 0 Å². The summed E-state index contributed by atoms with van der Waals surface area (Å²) in [5.74, 6) is -1.73. The van der Waals surface area contributed by atoms with Gasteiger partial charge in [0.05, 0.1) is 31.2 Å². The molecule has 0 spiro atoms. The maximum atomic E-state index is 13.6. The number of carbonyl (C=O) groups excluding carboxylic acids is 2. The summed E-state index contributed by atoms with van der Waals surface area (Å²) in [7, 11) is 1.66. The molecule has 4 atom stereocenters. The third-order valence-electron chi connectivity index (χ3n) is 9.36. The Bertz CT molecular complexity index is 1440. The molecule has 2 aromatic carbocycles. The van der Waals surface area contributed by atoms with Gasteiger partial charge in [-0.3, -0.25) is 19.3 Å². The number of amides is 2. The number of phenols is 1. The van der Waals surface area contributed by atoms with Gasteiger partial charge in [0, 0.05) is 26.0 Å². The molecule has 5 rings (SSSR count). The molecule has 2 fully saturated rings. The van der Waals surface area contributed by atoms with Gasteiger partial charge in [-0.05, 0) is 97.1 Å². The fourth-order valence-electron chi connectivity index (χ4n) is 7.30. The Balaban J connectivity index is 1.35. The maximum Gasteiger partial charge on any atom is 0.303 e. The number of rotatable bonds is 13. The van der Waals surface area contributed by atoms with Gasteiger partial charge < -0.3 is 19.7 Å². The molecule has 3 aliphatic rings. The van der Waals surface area contributed by atoms with E-state index in [9.17, 15) is 19.5 Å². The summed E-state index contributed by atoms with van der Waals surface area (Å²) in [5.41, 5.74) is 7.17. The Morgan fingerprint density at radius 2 is 1.75 bits per heavy atom. The number of fused-ring (bicyclic) bond motifs is 3. The second-order valence-corrected chi connectivity index (χ2v) is 12.4. The van der Waals surface area contributed by atoms with E-state index in [0.717, 1.165) is 51.8 Å². The summed E-state index contributed by atoms with van der Waals surface area (Å²) in [6, 6.07) is 14.2. The average molecular weight is 602 g/mol. The molecule has 0 radical (unpaired) electrons. The number of allylic oxidation sites excluding steroid dienone is 1. The highest BCUT2D eigenvalue weighted by Gasteiger charge is 2.56.